The smallest absolute Gasteiger partial charge is 0.277 e. The Morgan fingerprint density at radius 2 is 2.08 bits per heavy atom. The zero-order chi connectivity index (χ0) is 17.6. The highest BCUT2D eigenvalue weighted by Crippen LogP contribution is 2.25. The number of pyridine rings is 1. The summed E-state index contributed by atoms with van der Waals surface area (Å²) in [6, 6.07) is 9.57. The van der Waals surface area contributed by atoms with Gasteiger partial charge in [0, 0.05) is 18.9 Å². The van der Waals surface area contributed by atoms with Crippen LogP contribution in [0.4, 0.5) is 4.39 Å². The van der Waals surface area contributed by atoms with Crippen LogP contribution in [0.1, 0.15) is 12.5 Å². The number of benzene rings is 1. The quantitative estimate of drug-likeness (QED) is 0.682. The number of hydrogen-bond donors (Lipinski definition) is 1. The number of rotatable bonds is 6. The summed E-state index contributed by atoms with van der Waals surface area (Å²) < 4.78 is 18.4. The van der Waals surface area contributed by atoms with Crippen LogP contribution in [0, 0.1) is 5.82 Å². The largest absolute Gasteiger partial charge is 0.411 e. The van der Waals surface area contributed by atoms with E-state index >= 15 is 0 Å². The number of carbonyl (C=O) groups is 1. The van der Waals surface area contributed by atoms with Crippen LogP contribution in [0.3, 0.4) is 0 Å². The van der Waals surface area contributed by atoms with Gasteiger partial charge in [-0.1, -0.05) is 23.9 Å². The van der Waals surface area contributed by atoms with Gasteiger partial charge in [-0.25, -0.2) is 4.39 Å². The molecule has 3 rings (SSSR count). The Morgan fingerprint density at radius 1 is 1.28 bits per heavy atom. The average molecular weight is 358 g/mol. The van der Waals surface area contributed by atoms with Crippen LogP contribution in [-0.4, -0.2) is 26.3 Å². The fraction of sp³-hybridized carbons (Fsp3) is 0.176. The van der Waals surface area contributed by atoms with Gasteiger partial charge in [-0.3, -0.25) is 9.78 Å². The van der Waals surface area contributed by atoms with Crippen LogP contribution in [0.25, 0.3) is 11.5 Å². The van der Waals surface area contributed by atoms with Gasteiger partial charge in [0.2, 0.25) is 11.8 Å². The maximum absolute atomic E-state index is 12.9. The number of amides is 1. The van der Waals surface area contributed by atoms with E-state index in [9.17, 15) is 9.18 Å². The highest BCUT2D eigenvalue weighted by Gasteiger charge is 2.18. The van der Waals surface area contributed by atoms with Gasteiger partial charge in [0.25, 0.3) is 5.22 Å². The Kier molecular flexibility index (Phi) is 5.39. The van der Waals surface area contributed by atoms with Crippen molar-refractivity contribution in [3.05, 3.63) is 60.2 Å². The molecule has 1 amide bonds. The van der Waals surface area contributed by atoms with Gasteiger partial charge in [0.15, 0.2) is 0 Å². The number of hydrogen-bond acceptors (Lipinski definition) is 6. The van der Waals surface area contributed by atoms with Crippen LogP contribution < -0.4 is 5.32 Å². The molecule has 1 unspecified atom stereocenters. The number of carbonyl (C=O) groups excluding carboxylic acids is 1. The average Bonchev–Trinajstić information content (AvgIpc) is 3.10. The molecule has 0 spiro atoms. The van der Waals surface area contributed by atoms with Crippen molar-refractivity contribution in [2.24, 2.45) is 0 Å². The Labute approximate surface area is 147 Å². The van der Waals surface area contributed by atoms with Crippen molar-refractivity contribution >= 4 is 17.7 Å². The number of thioether (sulfide) groups is 1. The molecular formula is C17H15FN4O2S. The molecule has 2 aromatic heterocycles. The van der Waals surface area contributed by atoms with E-state index in [1.807, 2.05) is 6.07 Å². The van der Waals surface area contributed by atoms with Gasteiger partial charge in [-0.2, -0.15) is 0 Å². The van der Waals surface area contributed by atoms with Crippen molar-refractivity contribution in [1.82, 2.24) is 20.5 Å². The predicted octanol–water partition coefficient (Wildman–Crippen LogP) is 3.07. The van der Waals surface area contributed by atoms with E-state index in [-0.39, 0.29) is 11.7 Å². The molecule has 128 valence electrons. The van der Waals surface area contributed by atoms with E-state index in [1.165, 1.54) is 23.9 Å². The van der Waals surface area contributed by atoms with E-state index in [1.54, 1.807) is 37.5 Å². The van der Waals surface area contributed by atoms with Crippen LogP contribution in [0.5, 0.6) is 0 Å². The second-order valence-corrected chi connectivity index (χ2v) is 6.51. The zero-order valence-electron chi connectivity index (χ0n) is 13.3. The molecule has 1 N–H and O–H groups in total. The lowest BCUT2D eigenvalue weighted by Crippen LogP contribution is -2.30. The minimum Gasteiger partial charge on any atom is -0.411 e. The second-order valence-electron chi connectivity index (χ2n) is 5.22. The van der Waals surface area contributed by atoms with Crippen LogP contribution >= 0.6 is 11.8 Å². The second kappa shape index (κ2) is 7.89. The molecule has 0 saturated carbocycles. The van der Waals surface area contributed by atoms with E-state index in [0.717, 1.165) is 11.1 Å². The SMILES string of the molecule is CC(Sc1nnc(-c2cccnc2)o1)C(=O)NCc1ccc(F)cc1. The lowest BCUT2D eigenvalue weighted by atomic mass is 10.2. The molecule has 0 aliphatic rings. The summed E-state index contributed by atoms with van der Waals surface area (Å²) in [7, 11) is 0. The third-order valence-electron chi connectivity index (χ3n) is 3.34. The van der Waals surface area contributed by atoms with Crippen molar-refractivity contribution < 1.29 is 13.6 Å². The van der Waals surface area contributed by atoms with E-state index in [2.05, 4.69) is 20.5 Å². The molecule has 8 heteroatoms. The molecule has 1 aromatic carbocycles. The molecule has 0 fully saturated rings. The van der Waals surface area contributed by atoms with Crippen molar-refractivity contribution in [2.45, 2.75) is 23.9 Å². The van der Waals surface area contributed by atoms with Crippen molar-refractivity contribution in [1.29, 1.82) is 0 Å². The summed E-state index contributed by atoms with van der Waals surface area (Å²) in [6.07, 6.45) is 3.28. The Balaban J connectivity index is 1.54. The summed E-state index contributed by atoms with van der Waals surface area (Å²) >= 11 is 1.17. The third kappa shape index (κ3) is 4.63. The summed E-state index contributed by atoms with van der Waals surface area (Å²) in [6.45, 7) is 2.08. The van der Waals surface area contributed by atoms with Gasteiger partial charge in [0.05, 0.1) is 10.8 Å². The maximum atomic E-state index is 12.9. The minimum atomic E-state index is -0.414. The number of nitrogens with one attached hydrogen (secondary N) is 1. The minimum absolute atomic E-state index is 0.171. The van der Waals surface area contributed by atoms with E-state index < -0.39 is 5.25 Å². The standard InChI is InChI=1S/C17H15FN4O2S/c1-11(15(23)20-9-12-4-6-14(18)7-5-12)25-17-22-21-16(24-17)13-3-2-8-19-10-13/h2-8,10-11H,9H2,1H3,(H,20,23). The van der Waals surface area contributed by atoms with Gasteiger partial charge < -0.3 is 9.73 Å². The molecule has 0 aliphatic carbocycles. The maximum Gasteiger partial charge on any atom is 0.277 e. The molecule has 25 heavy (non-hydrogen) atoms. The lowest BCUT2D eigenvalue weighted by Gasteiger charge is -2.09. The predicted molar refractivity (Wildman–Crippen MR) is 91.1 cm³/mol. The van der Waals surface area contributed by atoms with Crippen molar-refractivity contribution in [2.75, 3.05) is 0 Å². The molecule has 0 aliphatic heterocycles. The number of nitrogens with zero attached hydrogens (tertiary/aromatic N) is 3. The zero-order valence-corrected chi connectivity index (χ0v) is 14.2. The summed E-state index contributed by atoms with van der Waals surface area (Å²) in [5.74, 6) is -0.121. The number of halogens is 1. The normalized spacial score (nSPS) is 11.9. The number of aromatic nitrogens is 3. The Hall–Kier alpha value is -2.74. The van der Waals surface area contributed by atoms with Gasteiger partial charge >= 0.3 is 0 Å². The van der Waals surface area contributed by atoms with E-state index in [0.29, 0.717) is 17.7 Å². The highest BCUT2D eigenvalue weighted by molar-refractivity contribution is 8.00. The molecule has 0 saturated heterocycles. The van der Waals surface area contributed by atoms with Gasteiger partial charge in [-0.05, 0) is 36.8 Å². The third-order valence-corrected chi connectivity index (χ3v) is 4.28. The fourth-order valence-corrected chi connectivity index (χ4v) is 2.71. The van der Waals surface area contributed by atoms with Crippen molar-refractivity contribution in [3.8, 4) is 11.5 Å². The first kappa shape index (κ1) is 17.1. The van der Waals surface area contributed by atoms with Crippen molar-refractivity contribution in [3.63, 3.8) is 0 Å². The van der Waals surface area contributed by atoms with Crippen LogP contribution in [0.15, 0.2) is 58.4 Å². The molecule has 3 aromatic rings. The molecule has 1 atom stereocenters. The first-order chi connectivity index (χ1) is 12.1. The van der Waals surface area contributed by atoms with Gasteiger partial charge in [0.1, 0.15) is 5.82 Å². The highest BCUT2D eigenvalue weighted by atomic mass is 32.2. The molecular weight excluding hydrogens is 343 g/mol. The molecule has 2 heterocycles. The summed E-state index contributed by atoms with van der Waals surface area (Å²) in [5.41, 5.74) is 1.54. The van der Waals surface area contributed by atoms with E-state index in [4.69, 9.17) is 4.42 Å². The van der Waals surface area contributed by atoms with Crippen LogP contribution in [-0.2, 0) is 11.3 Å². The summed E-state index contributed by atoms with van der Waals surface area (Å²) in [4.78, 5) is 16.2. The monoisotopic (exact) mass is 358 g/mol. The first-order valence-electron chi connectivity index (χ1n) is 7.54. The Bertz CT molecular complexity index is 839. The molecule has 0 radical (unpaired) electrons. The first-order valence-corrected chi connectivity index (χ1v) is 8.42. The Morgan fingerprint density at radius 3 is 2.80 bits per heavy atom. The summed E-state index contributed by atoms with van der Waals surface area (Å²) in [5, 5.41) is 10.6. The molecule has 0 bridgehead atoms. The topological polar surface area (TPSA) is 80.9 Å². The lowest BCUT2D eigenvalue weighted by molar-refractivity contribution is -0.120. The van der Waals surface area contributed by atoms with Crippen LogP contribution in [0.2, 0.25) is 0 Å². The van der Waals surface area contributed by atoms with Gasteiger partial charge in [-0.15, -0.1) is 10.2 Å². The molecule has 6 nitrogen and oxygen atoms in total. The fourth-order valence-electron chi connectivity index (χ4n) is 2.00.